The highest BCUT2D eigenvalue weighted by atomic mass is 16.5. The second kappa shape index (κ2) is 5.14. The summed E-state index contributed by atoms with van der Waals surface area (Å²) in [6.07, 6.45) is 1.72. The molecule has 2 aromatic rings. The molecule has 0 bridgehead atoms. The number of ether oxygens (including phenoxy) is 1. The molecule has 0 saturated carbocycles. The average Bonchev–Trinajstić information content (AvgIpc) is 2.77. The minimum absolute atomic E-state index is 0.0673. The number of hydrogen-bond donors (Lipinski definition) is 1. The topological polar surface area (TPSA) is 87.1 Å². The molecule has 2 heterocycles. The molecular weight excluding hydrogens is 232 g/mol. The monoisotopic (exact) mass is 248 g/mol. The summed E-state index contributed by atoms with van der Waals surface area (Å²) in [5.41, 5.74) is 6.46. The lowest BCUT2D eigenvalue weighted by Gasteiger charge is -2.08. The molecule has 0 aromatic carbocycles. The molecule has 0 amide bonds. The Labute approximate surface area is 105 Å². The van der Waals surface area contributed by atoms with Crippen molar-refractivity contribution >= 4 is 0 Å². The molecule has 0 aliphatic heterocycles. The number of aromatic nitrogens is 3. The summed E-state index contributed by atoms with van der Waals surface area (Å²) >= 11 is 0. The zero-order valence-electron chi connectivity index (χ0n) is 10.6. The summed E-state index contributed by atoms with van der Waals surface area (Å²) in [5, 5.41) is 3.88. The molecule has 0 fully saturated rings. The van der Waals surface area contributed by atoms with E-state index in [1.54, 1.807) is 25.3 Å². The summed E-state index contributed by atoms with van der Waals surface area (Å²) in [6, 6.07) is 3.29. The predicted octanol–water partition coefficient (Wildman–Crippen LogP) is 1.94. The lowest BCUT2D eigenvalue weighted by atomic mass is 10.2. The van der Waals surface area contributed by atoms with E-state index in [1.807, 2.05) is 13.8 Å². The Hall–Kier alpha value is -1.95. The van der Waals surface area contributed by atoms with Gasteiger partial charge in [0.25, 0.3) is 0 Å². The molecule has 0 aliphatic rings. The number of pyridine rings is 1. The van der Waals surface area contributed by atoms with Crippen LogP contribution in [0, 0.1) is 0 Å². The van der Waals surface area contributed by atoms with Crippen LogP contribution in [-0.4, -0.2) is 21.2 Å². The molecule has 2 N–H and O–H groups in total. The van der Waals surface area contributed by atoms with E-state index in [2.05, 4.69) is 15.1 Å². The molecule has 2 aromatic heterocycles. The second-order valence-electron chi connectivity index (χ2n) is 4.29. The molecule has 0 saturated heterocycles. The molecule has 6 nitrogen and oxygen atoms in total. The zero-order chi connectivity index (χ0) is 13.1. The van der Waals surface area contributed by atoms with Crippen molar-refractivity contribution in [2.75, 3.05) is 0 Å². The second-order valence-corrected chi connectivity index (χ2v) is 4.29. The van der Waals surface area contributed by atoms with Gasteiger partial charge in [0.1, 0.15) is 0 Å². The Morgan fingerprint density at radius 1 is 1.33 bits per heavy atom. The number of rotatable bonds is 4. The van der Waals surface area contributed by atoms with Crippen LogP contribution in [0.5, 0.6) is 5.88 Å². The molecule has 1 atom stereocenters. The van der Waals surface area contributed by atoms with E-state index in [9.17, 15) is 0 Å². The molecular formula is C12H16N4O2. The first-order chi connectivity index (χ1) is 8.56. The molecule has 0 spiro atoms. The van der Waals surface area contributed by atoms with Crippen LogP contribution >= 0.6 is 0 Å². The molecule has 1 unspecified atom stereocenters. The van der Waals surface area contributed by atoms with Gasteiger partial charge >= 0.3 is 0 Å². The van der Waals surface area contributed by atoms with Gasteiger partial charge in [-0.25, -0.2) is 4.98 Å². The lowest BCUT2D eigenvalue weighted by Crippen LogP contribution is -2.06. The van der Waals surface area contributed by atoms with E-state index in [4.69, 9.17) is 15.0 Å². The molecule has 0 radical (unpaired) electrons. The fraction of sp³-hybridized carbons (Fsp3) is 0.417. The van der Waals surface area contributed by atoms with Gasteiger partial charge in [-0.2, -0.15) is 4.98 Å². The number of nitrogens with zero attached hydrogens (tertiary/aromatic N) is 3. The van der Waals surface area contributed by atoms with Crippen molar-refractivity contribution in [1.29, 1.82) is 0 Å². The van der Waals surface area contributed by atoms with Crippen LogP contribution in [0.4, 0.5) is 0 Å². The van der Waals surface area contributed by atoms with Crippen molar-refractivity contribution in [3.63, 3.8) is 0 Å². The third-order valence-electron chi connectivity index (χ3n) is 2.18. The van der Waals surface area contributed by atoms with Gasteiger partial charge in [-0.15, -0.1) is 0 Å². The first-order valence-corrected chi connectivity index (χ1v) is 5.78. The van der Waals surface area contributed by atoms with E-state index in [-0.39, 0.29) is 12.1 Å². The minimum Gasteiger partial charge on any atom is -0.475 e. The highest BCUT2D eigenvalue weighted by Gasteiger charge is 2.12. The van der Waals surface area contributed by atoms with Crippen LogP contribution in [0.3, 0.4) is 0 Å². The molecule has 96 valence electrons. The smallest absolute Gasteiger partial charge is 0.243 e. The van der Waals surface area contributed by atoms with Crippen LogP contribution in [-0.2, 0) is 0 Å². The fourth-order valence-electron chi connectivity index (χ4n) is 1.39. The Bertz CT molecular complexity index is 522. The summed E-state index contributed by atoms with van der Waals surface area (Å²) in [6.45, 7) is 5.67. The van der Waals surface area contributed by atoms with E-state index in [1.165, 1.54) is 0 Å². The van der Waals surface area contributed by atoms with Crippen LogP contribution < -0.4 is 10.5 Å². The standard InChI is InChI=1S/C12H16N4O2/c1-7(2)17-10-6-9(4-5-14-10)11-15-12(8(3)13)18-16-11/h4-8H,13H2,1-3H3. The number of nitrogens with two attached hydrogens (primary N) is 1. The average molecular weight is 248 g/mol. The van der Waals surface area contributed by atoms with Gasteiger partial charge < -0.3 is 15.0 Å². The molecule has 6 heteroatoms. The number of hydrogen-bond acceptors (Lipinski definition) is 6. The lowest BCUT2D eigenvalue weighted by molar-refractivity contribution is 0.233. The quantitative estimate of drug-likeness (QED) is 0.889. The van der Waals surface area contributed by atoms with E-state index < -0.39 is 0 Å². The first-order valence-electron chi connectivity index (χ1n) is 5.78. The highest BCUT2D eigenvalue weighted by Crippen LogP contribution is 2.21. The maximum Gasteiger partial charge on any atom is 0.243 e. The maximum atomic E-state index is 5.67. The maximum absolute atomic E-state index is 5.67. The van der Waals surface area contributed by atoms with Crippen molar-refractivity contribution < 1.29 is 9.26 Å². The van der Waals surface area contributed by atoms with Gasteiger partial charge in [-0.1, -0.05) is 5.16 Å². The van der Waals surface area contributed by atoms with Crippen LogP contribution in [0.2, 0.25) is 0 Å². The van der Waals surface area contributed by atoms with Gasteiger partial charge in [-0.3, -0.25) is 0 Å². The van der Waals surface area contributed by atoms with Crippen LogP contribution in [0.25, 0.3) is 11.4 Å². The van der Waals surface area contributed by atoms with Crippen molar-refractivity contribution in [1.82, 2.24) is 15.1 Å². The molecule has 0 aliphatic carbocycles. The summed E-state index contributed by atoms with van der Waals surface area (Å²) in [5.74, 6) is 1.43. The summed E-state index contributed by atoms with van der Waals surface area (Å²) in [4.78, 5) is 8.33. The van der Waals surface area contributed by atoms with Crippen LogP contribution in [0.1, 0.15) is 32.7 Å². The van der Waals surface area contributed by atoms with E-state index in [0.29, 0.717) is 17.6 Å². The Morgan fingerprint density at radius 3 is 2.72 bits per heavy atom. The third-order valence-corrected chi connectivity index (χ3v) is 2.18. The Balaban J connectivity index is 2.26. The van der Waals surface area contributed by atoms with Gasteiger partial charge in [-0.05, 0) is 26.8 Å². The minimum atomic E-state index is -0.278. The van der Waals surface area contributed by atoms with Gasteiger partial charge in [0.2, 0.25) is 17.6 Å². The van der Waals surface area contributed by atoms with Crippen molar-refractivity contribution in [2.45, 2.75) is 32.9 Å². The largest absolute Gasteiger partial charge is 0.475 e. The predicted molar refractivity (Wildman–Crippen MR) is 65.9 cm³/mol. The van der Waals surface area contributed by atoms with E-state index >= 15 is 0 Å². The SMILES string of the molecule is CC(C)Oc1cc(-c2noc(C(C)N)n2)ccn1. The van der Waals surface area contributed by atoms with E-state index in [0.717, 1.165) is 5.56 Å². The van der Waals surface area contributed by atoms with Gasteiger partial charge in [0.05, 0.1) is 12.1 Å². The van der Waals surface area contributed by atoms with Gasteiger partial charge in [0.15, 0.2) is 0 Å². The summed E-state index contributed by atoms with van der Waals surface area (Å²) < 4.78 is 10.6. The molecule has 18 heavy (non-hydrogen) atoms. The zero-order valence-corrected chi connectivity index (χ0v) is 10.6. The van der Waals surface area contributed by atoms with Gasteiger partial charge in [0, 0.05) is 17.8 Å². The third kappa shape index (κ3) is 2.84. The van der Waals surface area contributed by atoms with Crippen molar-refractivity contribution in [3.8, 4) is 17.3 Å². The first kappa shape index (κ1) is 12.5. The molecule has 2 rings (SSSR count). The van der Waals surface area contributed by atoms with Crippen molar-refractivity contribution in [2.24, 2.45) is 5.73 Å². The Kier molecular flexibility index (Phi) is 3.57. The Morgan fingerprint density at radius 2 is 2.11 bits per heavy atom. The normalized spacial score (nSPS) is 12.7. The van der Waals surface area contributed by atoms with Crippen LogP contribution in [0.15, 0.2) is 22.9 Å². The van der Waals surface area contributed by atoms with Crippen molar-refractivity contribution in [3.05, 3.63) is 24.2 Å². The fourth-order valence-corrected chi connectivity index (χ4v) is 1.39. The summed E-state index contributed by atoms with van der Waals surface area (Å²) in [7, 11) is 0. The highest BCUT2D eigenvalue weighted by molar-refractivity contribution is 5.55.